The molecule has 0 saturated carbocycles. The first-order chi connectivity index (χ1) is 11.3. The van der Waals surface area contributed by atoms with Gasteiger partial charge < -0.3 is 24.6 Å². The zero-order chi connectivity index (χ0) is 18.3. The maximum atomic E-state index is 12.3. The number of hydrogen-bond acceptors (Lipinski definition) is 7. The van der Waals surface area contributed by atoms with Gasteiger partial charge in [-0.15, -0.1) is 0 Å². The van der Waals surface area contributed by atoms with Gasteiger partial charge in [0.2, 0.25) is 0 Å². The fourth-order valence-corrected chi connectivity index (χ4v) is 1.93. The predicted octanol–water partition coefficient (Wildman–Crippen LogP) is 0.831. The molecule has 0 aromatic heterocycles. The lowest BCUT2D eigenvalue weighted by Gasteiger charge is -2.15. The van der Waals surface area contributed by atoms with Crippen molar-refractivity contribution < 1.29 is 33.8 Å². The summed E-state index contributed by atoms with van der Waals surface area (Å²) in [4.78, 5) is 33.9. The van der Waals surface area contributed by atoms with Crippen molar-refractivity contribution >= 4 is 17.6 Å². The van der Waals surface area contributed by atoms with Crippen LogP contribution in [0.3, 0.4) is 0 Å². The van der Waals surface area contributed by atoms with Crippen molar-refractivity contribution in [3.05, 3.63) is 27.8 Å². The Kier molecular flexibility index (Phi) is 6.93. The number of carbonyl (C=O) groups excluding carboxylic acids is 1. The number of hydrogen-bond donors (Lipinski definition) is 2. The van der Waals surface area contributed by atoms with Crippen molar-refractivity contribution in [2.24, 2.45) is 0 Å². The van der Waals surface area contributed by atoms with Gasteiger partial charge in [-0.05, 0) is 0 Å². The standard InChI is InChI=1S/C14H18N2O8/c1-22-5-4-9(14(18)19)15-13(17)8-6-11(23-2)12(24-3)7-10(8)16(20)21/h6-7,9H,4-5H2,1-3H3,(H,15,17)(H,18,19). The molecule has 1 amide bonds. The van der Waals surface area contributed by atoms with Crippen LogP contribution in [-0.4, -0.2) is 55.9 Å². The largest absolute Gasteiger partial charge is 0.493 e. The van der Waals surface area contributed by atoms with Gasteiger partial charge in [0.1, 0.15) is 11.6 Å². The van der Waals surface area contributed by atoms with Crippen LogP contribution in [0.25, 0.3) is 0 Å². The summed E-state index contributed by atoms with van der Waals surface area (Å²) >= 11 is 0. The molecule has 0 heterocycles. The van der Waals surface area contributed by atoms with Crippen LogP contribution in [0.2, 0.25) is 0 Å². The van der Waals surface area contributed by atoms with Crippen molar-refractivity contribution in [3.8, 4) is 11.5 Å². The molecule has 24 heavy (non-hydrogen) atoms. The zero-order valence-electron chi connectivity index (χ0n) is 13.4. The van der Waals surface area contributed by atoms with Gasteiger partial charge in [0.15, 0.2) is 11.5 Å². The van der Waals surface area contributed by atoms with Crippen molar-refractivity contribution in [3.63, 3.8) is 0 Å². The molecular weight excluding hydrogens is 324 g/mol. The van der Waals surface area contributed by atoms with E-state index in [0.717, 1.165) is 12.1 Å². The van der Waals surface area contributed by atoms with Crippen LogP contribution in [0, 0.1) is 10.1 Å². The normalized spacial score (nSPS) is 11.5. The van der Waals surface area contributed by atoms with Crippen LogP contribution < -0.4 is 14.8 Å². The van der Waals surface area contributed by atoms with Crippen LogP contribution >= 0.6 is 0 Å². The lowest BCUT2D eigenvalue weighted by molar-refractivity contribution is -0.385. The number of ether oxygens (including phenoxy) is 3. The summed E-state index contributed by atoms with van der Waals surface area (Å²) in [5.74, 6) is -2.00. The van der Waals surface area contributed by atoms with Crippen LogP contribution in [0.1, 0.15) is 16.8 Å². The number of carboxylic acid groups (broad SMARTS) is 1. The molecule has 1 atom stereocenters. The summed E-state index contributed by atoms with van der Waals surface area (Å²) in [6, 6.07) is 0.922. The van der Waals surface area contributed by atoms with Gasteiger partial charge in [-0.1, -0.05) is 0 Å². The SMILES string of the molecule is COCCC(NC(=O)c1cc(OC)c(OC)cc1[N+](=O)[O-])C(=O)O. The number of nitro groups is 1. The van der Waals surface area contributed by atoms with E-state index in [4.69, 9.17) is 19.3 Å². The highest BCUT2D eigenvalue weighted by molar-refractivity contribution is 6.00. The van der Waals surface area contributed by atoms with Gasteiger partial charge in [-0.25, -0.2) is 4.79 Å². The van der Waals surface area contributed by atoms with E-state index in [-0.39, 0.29) is 30.1 Å². The second-order valence-corrected chi connectivity index (χ2v) is 4.63. The molecular formula is C14H18N2O8. The van der Waals surface area contributed by atoms with Gasteiger partial charge in [0.25, 0.3) is 11.6 Å². The molecule has 1 unspecified atom stereocenters. The van der Waals surface area contributed by atoms with Gasteiger partial charge in [0.05, 0.1) is 25.2 Å². The Bertz CT molecular complexity index is 631. The maximum Gasteiger partial charge on any atom is 0.326 e. The van der Waals surface area contributed by atoms with Crippen LogP contribution in [0.4, 0.5) is 5.69 Å². The lowest BCUT2D eigenvalue weighted by Crippen LogP contribution is -2.41. The molecule has 0 saturated heterocycles. The van der Waals surface area contributed by atoms with Crippen LogP contribution in [0.15, 0.2) is 12.1 Å². The molecule has 2 N–H and O–H groups in total. The maximum absolute atomic E-state index is 12.3. The number of nitrogens with one attached hydrogen (secondary N) is 1. The second-order valence-electron chi connectivity index (χ2n) is 4.63. The lowest BCUT2D eigenvalue weighted by atomic mass is 10.1. The first-order valence-corrected chi connectivity index (χ1v) is 6.78. The molecule has 0 fully saturated rings. The van der Waals surface area contributed by atoms with E-state index < -0.39 is 28.5 Å². The number of nitrogens with zero attached hydrogens (tertiary/aromatic N) is 1. The Labute approximate surface area is 137 Å². The van der Waals surface area contributed by atoms with E-state index in [1.165, 1.54) is 21.3 Å². The molecule has 1 aromatic rings. The molecule has 0 bridgehead atoms. The minimum Gasteiger partial charge on any atom is -0.493 e. The van der Waals surface area contributed by atoms with Crippen LogP contribution in [0.5, 0.6) is 11.5 Å². The number of aliphatic carboxylic acids is 1. The van der Waals surface area contributed by atoms with Gasteiger partial charge in [-0.2, -0.15) is 0 Å². The third-order valence-electron chi connectivity index (χ3n) is 3.16. The van der Waals surface area contributed by atoms with Crippen molar-refractivity contribution in [2.75, 3.05) is 27.9 Å². The number of carboxylic acids is 1. The number of benzene rings is 1. The molecule has 0 spiro atoms. The third-order valence-corrected chi connectivity index (χ3v) is 3.16. The summed E-state index contributed by atoms with van der Waals surface area (Å²) in [7, 11) is 4.00. The summed E-state index contributed by atoms with van der Waals surface area (Å²) in [5.41, 5.74) is -0.859. The first kappa shape index (κ1) is 19.2. The van der Waals surface area contributed by atoms with E-state index in [2.05, 4.69) is 5.32 Å². The van der Waals surface area contributed by atoms with Gasteiger partial charge in [-0.3, -0.25) is 14.9 Å². The quantitative estimate of drug-likeness (QED) is 0.497. The Morgan fingerprint density at radius 2 is 1.83 bits per heavy atom. The Morgan fingerprint density at radius 3 is 2.29 bits per heavy atom. The molecule has 0 radical (unpaired) electrons. The number of rotatable bonds is 9. The Hall–Kier alpha value is -2.88. The summed E-state index contributed by atoms with van der Waals surface area (Å²) in [5, 5.41) is 22.5. The average molecular weight is 342 g/mol. The highest BCUT2D eigenvalue weighted by Crippen LogP contribution is 2.34. The van der Waals surface area contributed by atoms with Crippen LogP contribution in [-0.2, 0) is 9.53 Å². The minimum atomic E-state index is -1.27. The molecule has 0 aliphatic heterocycles. The van der Waals surface area contributed by atoms with Gasteiger partial charge >= 0.3 is 5.97 Å². The molecule has 0 aliphatic rings. The zero-order valence-corrected chi connectivity index (χ0v) is 13.4. The Balaban J connectivity index is 3.20. The van der Waals surface area contributed by atoms with E-state index in [9.17, 15) is 19.7 Å². The highest BCUT2D eigenvalue weighted by atomic mass is 16.6. The Morgan fingerprint density at radius 1 is 1.25 bits per heavy atom. The summed E-state index contributed by atoms with van der Waals surface area (Å²) < 4.78 is 14.8. The third kappa shape index (κ3) is 4.56. The molecule has 1 aromatic carbocycles. The van der Waals surface area contributed by atoms with Gasteiger partial charge in [0, 0.05) is 26.2 Å². The number of amides is 1. The summed E-state index contributed by atoms with van der Waals surface area (Å²) in [6.07, 6.45) is 0.0126. The fourth-order valence-electron chi connectivity index (χ4n) is 1.93. The van der Waals surface area contributed by atoms with E-state index >= 15 is 0 Å². The molecule has 10 heteroatoms. The number of carbonyl (C=O) groups is 2. The molecule has 1 rings (SSSR count). The van der Waals surface area contributed by atoms with Crippen molar-refractivity contribution in [1.82, 2.24) is 5.32 Å². The highest BCUT2D eigenvalue weighted by Gasteiger charge is 2.28. The summed E-state index contributed by atoms with van der Waals surface area (Å²) in [6.45, 7) is 0.102. The van der Waals surface area contributed by atoms with Crippen molar-refractivity contribution in [1.29, 1.82) is 0 Å². The van der Waals surface area contributed by atoms with Crippen molar-refractivity contribution in [2.45, 2.75) is 12.5 Å². The topological polar surface area (TPSA) is 137 Å². The predicted molar refractivity (Wildman–Crippen MR) is 81.6 cm³/mol. The molecule has 10 nitrogen and oxygen atoms in total. The number of nitro benzene ring substituents is 1. The average Bonchev–Trinajstić information content (AvgIpc) is 2.56. The second kappa shape index (κ2) is 8.67. The van der Waals surface area contributed by atoms with E-state index in [1.807, 2.05) is 0 Å². The number of methoxy groups -OCH3 is 3. The smallest absolute Gasteiger partial charge is 0.326 e. The molecule has 0 aliphatic carbocycles. The molecule has 132 valence electrons. The van der Waals surface area contributed by atoms with E-state index in [0.29, 0.717) is 0 Å². The monoisotopic (exact) mass is 342 g/mol. The van der Waals surface area contributed by atoms with E-state index in [1.54, 1.807) is 0 Å². The first-order valence-electron chi connectivity index (χ1n) is 6.78. The fraction of sp³-hybridized carbons (Fsp3) is 0.429. The minimum absolute atomic E-state index is 0.0126.